The molecule has 1 aromatic heterocycles. The monoisotopic (exact) mass is 403 g/mol. The van der Waals surface area contributed by atoms with Crippen molar-refractivity contribution in [3.8, 4) is 0 Å². The Bertz CT molecular complexity index is 846. The van der Waals surface area contributed by atoms with Crippen LogP contribution >= 0.6 is 11.8 Å². The first-order valence-electron chi connectivity index (χ1n) is 8.81. The Morgan fingerprint density at radius 1 is 1.29 bits per heavy atom. The van der Waals surface area contributed by atoms with Crippen LogP contribution in [0.4, 0.5) is 4.79 Å². The van der Waals surface area contributed by atoms with E-state index >= 15 is 0 Å². The fraction of sp³-hybridized carbons (Fsp3) is 0.421. The Morgan fingerprint density at radius 2 is 2.04 bits per heavy atom. The Morgan fingerprint density at radius 3 is 2.75 bits per heavy atom. The Labute approximate surface area is 168 Å². The molecule has 0 aliphatic heterocycles. The van der Waals surface area contributed by atoms with Crippen molar-refractivity contribution in [2.24, 2.45) is 5.10 Å². The van der Waals surface area contributed by atoms with Crippen LogP contribution in [0.2, 0.25) is 0 Å². The number of ether oxygens (including phenoxy) is 1. The van der Waals surface area contributed by atoms with Crippen molar-refractivity contribution in [3.63, 3.8) is 0 Å². The number of para-hydroxylation sites is 1. The van der Waals surface area contributed by atoms with Gasteiger partial charge in [-0.15, -0.1) is 0 Å². The first-order valence-corrected chi connectivity index (χ1v) is 10.2. The Hall–Kier alpha value is -2.68. The molecule has 0 bridgehead atoms. The molecule has 1 aromatic carbocycles. The molecule has 2 amide bonds. The highest BCUT2D eigenvalue weighted by Crippen LogP contribution is 2.11. The quantitative estimate of drug-likeness (QED) is 0.544. The third kappa shape index (κ3) is 6.80. The van der Waals surface area contributed by atoms with Gasteiger partial charge in [0, 0.05) is 18.0 Å². The van der Waals surface area contributed by atoms with E-state index in [2.05, 4.69) is 25.8 Å². The SMILES string of the molecule is CSCC[C@@H](NC(=O)OC(C)(C)C)C(=O)N/N=C\c1cccc2nccnc12. The molecule has 9 heteroatoms. The maximum absolute atomic E-state index is 12.5. The van der Waals surface area contributed by atoms with Gasteiger partial charge in [-0.05, 0) is 45.3 Å². The highest BCUT2D eigenvalue weighted by atomic mass is 32.2. The topological polar surface area (TPSA) is 106 Å². The van der Waals surface area contributed by atoms with Gasteiger partial charge in [-0.2, -0.15) is 16.9 Å². The summed E-state index contributed by atoms with van der Waals surface area (Å²) in [6.45, 7) is 5.29. The number of rotatable bonds is 7. The minimum Gasteiger partial charge on any atom is -0.444 e. The smallest absolute Gasteiger partial charge is 0.408 e. The summed E-state index contributed by atoms with van der Waals surface area (Å²) in [5, 5.41) is 6.61. The van der Waals surface area contributed by atoms with Crippen molar-refractivity contribution < 1.29 is 14.3 Å². The van der Waals surface area contributed by atoms with Crippen molar-refractivity contribution in [2.75, 3.05) is 12.0 Å². The van der Waals surface area contributed by atoms with E-state index in [0.717, 1.165) is 11.1 Å². The number of benzene rings is 1. The lowest BCUT2D eigenvalue weighted by Gasteiger charge is -2.22. The van der Waals surface area contributed by atoms with Crippen LogP contribution in [0.25, 0.3) is 11.0 Å². The minimum absolute atomic E-state index is 0.414. The summed E-state index contributed by atoms with van der Waals surface area (Å²) in [5.41, 5.74) is 3.99. The van der Waals surface area contributed by atoms with E-state index in [-0.39, 0.29) is 0 Å². The fourth-order valence-electron chi connectivity index (χ4n) is 2.32. The van der Waals surface area contributed by atoms with Crippen LogP contribution < -0.4 is 10.7 Å². The predicted molar refractivity (Wildman–Crippen MR) is 111 cm³/mol. The molecule has 1 heterocycles. The number of hydrogen-bond acceptors (Lipinski definition) is 7. The zero-order valence-electron chi connectivity index (χ0n) is 16.4. The van der Waals surface area contributed by atoms with E-state index in [1.165, 1.54) is 6.21 Å². The number of hydrazone groups is 1. The molecule has 0 fully saturated rings. The van der Waals surface area contributed by atoms with Crippen LogP contribution in [-0.4, -0.2) is 51.8 Å². The second-order valence-corrected chi connectivity index (χ2v) is 7.97. The average Bonchev–Trinajstić information content (AvgIpc) is 2.63. The summed E-state index contributed by atoms with van der Waals surface area (Å²) in [5.74, 6) is 0.291. The van der Waals surface area contributed by atoms with E-state index in [1.54, 1.807) is 44.9 Å². The Kier molecular flexibility index (Phi) is 7.74. The summed E-state index contributed by atoms with van der Waals surface area (Å²) in [6.07, 6.45) is 6.48. The first kappa shape index (κ1) is 21.6. The van der Waals surface area contributed by atoms with Crippen molar-refractivity contribution in [2.45, 2.75) is 38.8 Å². The molecule has 8 nitrogen and oxygen atoms in total. The van der Waals surface area contributed by atoms with Gasteiger partial charge in [0.25, 0.3) is 5.91 Å². The van der Waals surface area contributed by atoms with Crippen LogP contribution in [0.15, 0.2) is 35.7 Å². The number of nitrogens with one attached hydrogen (secondary N) is 2. The predicted octanol–water partition coefficient (Wildman–Crippen LogP) is 2.73. The van der Waals surface area contributed by atoms with Gasteiger partial charge in [0.15, 0.2) is 0 Å². The van der Waals surface area contributed by atoms with Crippen LogP contribution in [0.1, 0.15) is 32.8 Å². The zero-order chi connectivity index (χ0) is 20.6. The lowest BCUT2D eigenvalue weighted by molar-refractivity contribution is -0.123. The maximum atomic E-state index is 12.5. The molecule has 0 spiro atoms. The molecule has 0 aliphatic carbocycles. The summed E-state index contributed by atoms with van der Waals surface area (Å²) in [6, 6.07) is 4.77. The summed E-state index contributed by atoms with van der Waals surface area (Å²) >= 11 is 1.58. The average molecular weight is 404 g/mol. The van der Waals surface area contributed by atoms with Gasteiger partial charge < -0.3 is 10.1 Å². The summed E-state index contributed by atoms with van der Waals surface area (Å²) < 4.78 is 5.23. The van der Waals surface area contributed by atoms with Crippen LogP contribution in [0, 0.1) is 0 Å². The van der Waals surface area contributed by atoms with Gasteiger partial charge in [-0.1, -0.05) is 12.1 Å². The summed E-state index contributed by atoms with van der Waals surface area (Å²) in [7, 11) is 0. The molecule has 0 saturated carbocycles. The number of amides is 2. The number of aromatic nitrogens is 2. The van der Waals surface area contributed by atoms with E-state index in [4.69, 9.17) is 4.74 Å². The first-order chi connectivity index (χ1) is 13.3. The van der Waals surface area contributed by atoms with Crippen molar-refractivity contribution in [3.05, 3.63) is 36.2 Å². The number of alkyl carbamates (subject to hydrolysis) is 1. The molecule has 28 heavy (non-hydrogen) atoms. The normalized spacial score (nSPS) is 12.7. The second kappa shape index (κ2) is 10.0. The van der Waals surface area contributed by atoms with E-state index in [0.29, 0.717) is 17.7 Å². The lowest BCUT2D eigenvalue weighted by Crippen LogP contribution is -2.47. The highest BCUT2D eigenvalue weighted by molar-refractivity contribution is 7.98. The molecule has 1 atom stereocenters. The minimum atomic E-state index is -0.744. The van der Waals surface area contributed by atoms with Gasteiger partial charge in [0.1, 0.15) is 11.6 Å². The van der Waals surface area contributed by atoms with Gasteiger partial charge in [0.05, 0.1) is 17.2 Å². The third-order valence-electron chi connectivity index (χ3n) is 3.53. The fourth-order valence-corrected chi connectivity index (χ4v) is 2.79. The molecule has 0 unspecified atom stereocenters. The molecular formula is C19H25N5O3S. The van der Waals surface area contributed by atoms with E-state index < -0.39 is 23.6 Å². The van der Waals surface area contributed by atoms with Crippen LogP contribution in [0.5, 0.6) is 0 Å². The van der Waals surface area contributed by atoms with Crippen LogP contribution in [0.3, 0.4) is 0 Å². The van der Waals surface area contributed by atoms with Crippen molar-refractivity contribution >= 4 is 41.0 Å². The highest BCUT2D eigenvalue weighted by Gasteiger charge is 2.23. The standard InChI is InChI=1S/C19H25N5O3S/c1-19(2,3)27-18(26)23-15(8-11-28-4)17(25)24-22-12-13-6-5-7-14-16(13)21-10-9-20-14/h5-7,9-10,12,15H,8,11H2,1-4H3,(H,23,26)(H,24,25)/b22-12-/t15-/m1/s1. The van der Waals surface area contributed by atoms with Gasteiger partial charge in [-0.25, -0.2) is 10.2 Å². The lowest BCUT2D eigenvalue weighted by atomic mass is 10.2. The van der Waals surface area contributed by atoms with E-state index in [9.17, 15) is 9.59 Å². The van der Waals surface area contributed by atoms with Gasteiger partial charge in [-0.3, -0.25) is 14.8 Å². The van der Waals surface area contributed by atoms with Crippen molar-refractivity contribution in [1.82, 2.24) is 20.7 Å². The molecule has 0 saturated heterocycles. The zero-order valence-corrected chi connectivity index (χ0v) is 17.2. The number of thioether (sulfide) groups is 1. The number of hydrogen-bond donors (Lipinski definition) is 2. The van der Waals surface area contributed by atoms with E-state index in [1.807, 2.05) is 24.5 Å². The number of nitrogens with zero attached hydrogens (tertiary/aromatic N) is 3. The third-order valence-corrected chi connectivity index (χ3v) is 4.17. The molecule has 2 rings (SSSR count). The Balaban J connectivity index is 2.03. The molecule has 2 N–H and O–H groups in total. The molecule has 2 aromatic rings. The molecule has 0 radical (unpaired) electrons. The molecule has 0 aliphatic rings. The molecule has 150 valence electrons. The number of carbonyl (C=O) groups is 2. The number of carbonyl (C=O) groups excluding carboxylic acids is 2. The second-order valence-electron chi connectivity index (χ2n) is 6.99. The van der Waals surface area contributed by atoms with Crippen molar-refractivity contribution in [1.29, 1.82) is 0 Å². The summed E-state index contributed by atoms with van der Waals surface area (Å²) in [4.78, 5) is 33.0. The largest absolute Gasteiger partial charge is 0.444 e. The maximum Gasteiger partial charge on any atom is 0.408 e. The number of fused-ring (bicyclic) bond motifs is 1. The van der Waals surface area contributed by atoms with Crippen LogP contribution in [-0.2, 0) is 9.53 Å². The van der Waals surface area contributed by atoms with Gasteiger partial charge in [0.2, 0.25) is 0 Å². The molecular weight excluding hydrogens is 378 g/mol. The van der Waals surface area contributed by atoms with Gasteiger partial charge >= 0.3 is 6.09 Å².